The average molecular weight is 647 g/mol. The molecule has 0 radical (unpaired) electrons. The first-order valence-electron chi connectivity index (χ1n) is 16.1. The number of rotatable bonds is 13. The van der Waals surface area contributed by atoms with E-state index >= 15 is 0 Å². The smallest absolute Gasteiger partial charge is 0.261 e. The van der Waals surface area contributed by atoms with E-state index in [9.17, 15) is 28.8 Å². The summed E-state index contributed by atoms with van der Waals surface area (Å²) in [5.74, 6) is -0.502. The van der Waals surface area contributed by atoms with Crippen molar-refractivity contribution in [1.29, 1.82) is 0 Å². The Morgan fingerprint density at radius 1 is 1.02 bits per heavy atom. The van der Waals surface area contributed by atoms with Crippen molar-refractivity contribution in [2.24, 2.45) is 5.92 Å². The minimum absolute atomic E-state index is 0.000295. The topological polar surface area (TPSA) is 164 Å². The molecule has 0 aliphatic carbocycles. The summed E-state index contributed by atoms with van der Waals surface area (Å²) in [5.41, 5.74) is 2.53. The van der Waals surface area contributed by atoms with Crippen molar-refractivity contribution < 1.29 is 28.8 Å². The van der Waals surface area contributed by atoms with Crippen LogP contribution in [0.25, 0.3) is 0 Å². The van der Waals surface area contributed by atoms with E-state index in [-0.39, 0.29) is 31.7 Å². The first-order chi connectivity index (χ1) is 22.8. The minimum Gasteiger partial charge on any atom is -0.376 e. The summed E-state index contributed by atoms with van der Waals surface area (Å²) < 4.78 is 0. The fourth-order valence-corrected chi connectivity index (χ4v) is 6.56. The Morgan fingerprint density at radius 3 is 2.45 bits per heavy atom. The van der Waals surface area contributed by atoms with Crippen molar-refractivity contribution in [3.63, 3.8) is 0 Å². The second-order valence-electron chi connectivity index (χ2n) is 12.1. The summed E-state index contributed by atoms with van der Waals surface area (Å²) in [7, 11) is 1.42. The molecule has 1 atom stereocenters. The molecule has 3 aliphatic heterocycles. The number of nitrogens with one attached hydrogen (secondary N) is 3. The molecular formula is C33H42N8O6. The van der Waals surface area contributed by atoms with Crippen LogP contribution in [0, 0.1) is 5.92 Å². The van der Waals surface area contributed by atoms with Gasteiger partial charge in [-0.1, -0.05) is 0 Å². The third kappa shape index (κ3) is 8.12. The maximum absolute atomic E-state index is 13.2. The summed E-state index contributed by atoms with van der Waals surface area (Å²) in [5, 5.41) is 8.17. The number of anilines is 3. The van der Waals surface area contributed by atoms with E-state index in [1.54, 1.807) is 30.5 Å². The van der Waals surface area contributed by atoms with Gasteiger partial charge in [-0.25, -0.2) is 4.98 Å². The van der Waals surface area contributed by atoms with Gasteiger partial charge < -0.3 is 30.5 Å². The number of hydrogen-bond donors (Lipinski definition) is 3. The van der Waals surface area contributed by atoms with Crippen molar-refractivity contribution in [3.8, 4) is 0 Å². The van der Waals surface area contributed by atoms with E-state index in [1.807, 2.05) is 11.0 Å². The maximum Gasteiger partial charge on any atom is 0.261 e. The minimum atomic E-state index is -1.05. The molecule has 2 fully saturated rings. The quantitative estimate of drug-likeness (QED) is 0.209. The largest absolute Gasteiger partial charge is 0.376 e. The normalized spacial score (nSPS) is 17.9. The number of benzene rings is 1. The Kier molecular flexibility index (Phi) is 11.1. The third-order valence-electron chi connectivity index (χ3n) is 9.20. The lowest BCUT2D eigenvalue weighted by Gasteiger charge is -2.39. The van der Waals surface area contributed by atoms with Crippen LogP contribution in [0.2, 0.25) is 0 Å². The molecule has 2 saturated heterocycles. The zero-order valence-electron chi connectivity index (χ0n) is 26.7. The van der Waals surface area contributed by atoms with Gasteiger partial charge in [-0.05, 0) is 61.1 Å². The van der Waals surface area contributed by atoms with Crippen LogP contribution in [0.15, 0.2) is 36.5 Å². The number of pyridine rings is 1. The van der Waals surface area contributed by atoms with Crippen molar-refractivity contribution >= 4 is 53.5 Å². The molecule has 250 valence electrons. The number of likely N-dealkylation sites (N-methyl/N-ethyl adjacent to an activating group) is 1. The monoisotopic (exact) mass is 646 g/mol. The van der Waals surface area contributed by atoms with E-state index in [2.05, 4.69) is 30.7 Å². The van der Waals surface area contributed by atoms with E-state index in [4.69, 9.17) is 0 Å². The zero-order valence-corrected chi connectivity index (χ0v) is 26.7. The number of piperazine rings is 1. The summed E-state index contributed by atoms with van der Waals surface area (Å²) in [4.78, 5) is 85.0. The second kappa shape index (κ2) is 15.6. The molecule has 1 aromatic carbocycles. The van der Waals surface area contributed by atoms with Crippen LogP contribution in [0.1, 0.15) is 41.6 Å². The van der Waals surface area contributed by atoms with Crippen LogP contribution in [0.5, 0.6) is 0 Å². The standard InChI is InChI=1S/C33H42N8O6/c1-34-32(46)28(3-2-16-42)41-30(44)18-24-17-25(4-6-27(24)33(41)47)35-20-31(45)40-10-8-23(9-11-40)21-38-12-14-39(15-13-38)26-5-7-29(36-19-26)37-22-43/h4-7,16-17,19,22-23,28,35H,2-3,8-15,18,20-21H2,1H3,(H,34,46)(H,36,37,43). The molecule has 3 aliphatic rings. The highest BCUT2D eigenvalue weighted by atomic mass is 16.2. The number of aldehydes is 1. The van der Waals surface area contributed by atoms with Crippen LogP contribution < -0.4 is 20.9 Å². The van der Waals surface area contributed by atoms with Gasteiger partial charge in [0.2, 0.25) is 24.1 Å². The van der Waals surface area contributed by atoms with Crippen molar-refractivity contribution in [3.05, 3.63) is 47.7 Å². The number of imide groups is 1. The molecule has 3 N–H and O–H groups in total. The molecule has 1 aromatic heterocycles. The fourth-order valence-electron chi connectivity index (χ4n) is 6.56. The highest BCUT2D eigenvalue weighted by molar-refractivity contribution is 6.12. The maximum atomic E-state index is 13.2. The van der Waals surface area contributed by atoms with Gasteiger partial charge in [-0.15, -0.1) is 0 Å². The van der Waals surface area contributed by atoms with Crippen LogP contribution in [-0.2, 0) is 30.4 Å². The highest BCUT2D eigenvalue weighted by Crippen LogP contribution is 2.27. The number of aromatic nitrogens is 1. The first-order valence-corrected chi connectivity index (χ1v) is 16.1. The summed E-state index contributed by atoms with van der Waals surface area (Å²) >= 11 is 0. The summed E-state index contributed by atoms with van der Waals surface area (Å²) in [6.07, 6.45) is 5.00. The fraction of sp³-hybridized carbons (Fsp3) is 0.485. The lowest BCUT2D eigenvalue weighted by atomic mass is 9.95. The van der Waals surface area contributed by atoms with Crippen molar-refractivity contribution in [2.45, 2.75) is 38.1 Å². The first kappa shape index (κ1) is 33.5. The number of amides is 5. The molecule has 2 aromatic rings. The number of likely N-dealkylation sites (tertiary alicyclic amines) is 1. The van der Waals surface area contributed by atoms with Crippen LogP contribution in [0.4, 0.5) is 17.2 Å². The number of carbonyl (C=O) groups is 6. The molecule has 5 rings (SSSR count). The molecular weight excluding hydrogens is 604 g/mol. The lowest BCUT2D eigenvalue weighted by molar-refractivity contribution is -0.137. The predicted octanol–water partition coefficient (Wildman–Crippen LogP) is 0.741. The van der Waals surface area contributed by atoms with Gasteiger partial charge >= 0.3 is 0 Å². The molecule has 4 heterocycles. The predicted molar refractivity (Wildman–Crippen MR) is 175 cm³/mol. The Balaban J connectivity index is 1.06. The Hall–Kier alpha value is -4.85. The molecule has 1 unspecified atom stereocenters. The summed E-state index contributed by atoms with van der Waals surface area (Å²) in [6.45, 7) is 6.27. The number of fused-ring (bicyclic) bond motifs is 1. The van der Waals surface area contributed by atoms with E-state index in [0.717, 1.165) is 56.2 Å². The molecule has 0 saturated carbocycles. The molecule has 0 spiro atoms. The van der Waals surface area contributed by atoms with Crippen molar-refractivity contribution in [1.82, 2.24) is 25.0 Å². The summed E-state index contributed by atoms with van der Waals surface area (Å²) in [6, 6.07) is 7.73. The molecule has 14 nitrogen and oxygen atoms in total. The second-order valence-corrected chi connectivity index (χ2v) is 12.1. The van der Waals surface area contributed by atoms with Crippen molar-refractivity contribution in [2.75, 3.05) is 74.9 Å². The number of carbonyl (C=O) groups excluding carboxylic acids is 6. The highest BCUT2D eigenvalue weighted by Gasteiger charge is 2.39. The van der Waals surface area contributed by atoms with E-state index in [1.165, 1.54) is 7.05 Å². The van der Waals surface area contributed by atoms with Gasteiger partial charge in [-0.2, -0.15) is 0 Å². The van der Waals surface area contributed by atoms with Crippen LogP contribution in [-0.4, -0.2) is 121 Å². The number of hydrogen-bond acceptors (Lipinski definition) is 10. The van der Waals surface area contributed by atoms with E-state index < -0.39 is 23.8 Å². The Morgan fingerprint density at radius 2 is 1.79 bits per heavy atom. The van der Waals surface area contributed by atoms with Crippen LogP contribution >= 0.6 is 0 Å². The number of nitrogens with zero attached hydrogens (tertiary/aromatic N) is 5. The number of piperidine rings is 1. The van der Waals surface area contributed by atoms with Crippen LogP contribution in [0.3, 0.4) is 0 Å². The Labute approximate surface area is 273 Å². The van der Waals surface area contributed by atoms with Gasteiger partial charge in [0.25, 0.3) is 5.91 Å². The van der Waals surface area contributed by atoms with Gasteiger partial charge in [-0.3, -0.25) is 33.8 Å². The average Bonchev–Trinajstić information content (AvgIpc) is 3.09. The van der Waals surface area contributed by atoms with Gasteiger partial charge in [0.1, 0.15) is 18.1 Å². The molecule has 0 bridgehead atoms. The molecule has 47 heavy (non-hydrogen) atoms. The molecule has 14 heteroatoms. The Bertz CT molecular complexity index is 1470. The zero-order chi connectivity index (χ0) is 33.3. The van der Waals surface area contributed by atoms with Gasteiger partial charge in [0.15, 0.2) is 0 Å². The van der Waals surface area contributed by atoms with E-state index in [0.29, 0.717) is 54.3 Å². The molecule has 5 amide bonds. The SMILES string of the molecule is CNC(=O)C(CCC=O)N1C(=O)Cc2cc(NCC(=O)N3CCC(CN4CCN(c5ccc(NC=O)nc5)CC4)CC3)ccc2C1=O. The third-order valence-corrected chi connectivity index (χ3v) is 9.20. The van der Waals surface area contributed by atoms with Gasteiger partial charge in [0.05, 0.1) is 24.8 Å². The van der Waals surface area contributed by atoms with Gasteiger partial charge in [0, 0.05) is 70.5 Å². The lowest BCUT2D eigenvalue weighted by Crippen LogP contribution is -2.54.